The molecule has 1 nitrogen and oxygen atoms in total. The van der Waals surface area contributed by atoms with Gasteiger partial charge in [0.2, 0.25) is 0 Å². The topological polar surface area (TPSA) is 17.1 Å². The Morgan fingerprint density at radius 3 is 2.11 bits per heavy atom. The number of rotatable bonds is 8. The van der Waals surface area contributed by atoms with Crippen molar-refractivity contribution in [2.45, 2.75) is 59.3 Å². The zero-order valence-electron chi connectivity index (χ0n) is 12.0. The number of unbranched alkanes of at least 4 members (excludes halogenated alkanes) is 2. The van der Waals surface area contributed by atoms with Gasteiger partial charge in [0.15, 0.2) is 5.78 Å². The van der Waals surface area contributed by atoms with Crippen LogP contribution in [0.25, 0.3) is 0 Å². The van der Waals surface area contributed by atoms with Crippen LogP contribution in [-0.4, -0.2) is 5.78 Å². The average Bonchev–Trinajstić information content (AvgIpc) is 2.41. The molecule has 0 atom stereocenters. The van der Waals surface area contributed by atoms with Crippen LogP contribution in [0.2, 0.25) is 0 Å². The molecule has 1 aromatic carbocycles. The normalized spacial score (nSPS) is 10.9. The summed E-state index contributed by atoms with van der Waals surface area (Å²) in [5.74, 6) is 0.496. The van der Waals surface area contributed by atoms with Gasteiger partial charge in [-0.2, -0.15) is 0 Å². The van der Waals surface area contributed by atoms with Crippen molar-refractivity contribution >= 4 is 5.78 Å². The molecule has 18 heavy (non-hydrogen) atoms. The van der Waals surface area contributed by atoms with Crippen molar-refractivity contribution in [1.82, 2.24) is 0 Å². The molecule has 1 rings (SSSR count). The van der Waals surface area contributed by atoms with Gasteiger partial charge in [-0.15, -0.1) is 0 Å². The lowest BCUT2D eigenvalue weighted by Gasteiger charge is -2.11. The van der Waals surface area contributed by atoms with E-state index in [2.05, 4.69) is 32.9 Å². The van der Waals surface area contributed by atoms with E-state index in [4.69, 9.17) is 0 Å². The number of carbonyl (C=O) groups is 1. The molecule has 0 saturated heterocycles. The maximum atomic E-state index is 12.2. The fourth-order valence-corrected chi connectivity index (χ4v) is 2.31. The Labute approximate surface area is 112 Å². The fraction of sp³-hybridized carbons (Fsp3) is 0.588. The Bertz CT molecular complexity index is 346. The van der Waals surface area contributed by atoms with Gasteiger partial charge in [0.05, 0.1) is 0 Å². The molecule has 1 heteroatoms. The van der Waals surface area contributed by atoms with Crippen molar-refractivity contribution in [2.75, 3.05) is 0 Å². The van der Waals surface area contributed by atoms with E-state index in [0.717, 1.165) is 24.8 Å². The molecule has 0 aliphatic carbocycles. The van der Waals surface area contributed by atoms with Gasteiger partial charge in [-0.1, -0.05) is 57.9 Å². The van der Waals surface area contributed by atoms with Gasteiger partial charge >= 0.3 is 0 Å². The monoisotopic (exact) mass is 246 g/mol. The van der Waals surface area contributed by atoms with Crippen molar-refractivity contribution in [3.8, 4) is 0 Å². The van der Waals surface area contributed by atoms with Crippen molar-refractivity contribution in [3.05, 3.63) is 35.4 Å². The number of ketones is 1. The van der Waals surface area contributed by atoms with E-state index in [9.17, 15) is 4.79 Å². The number of aryl methyl sites for hydroxylation is 1. The van der Waals surface area contributed by atoms with Crippen LogP contribution in [0.3, 0.4) is 0 Å². The number of carbonyl (C=O) groups excluding carboxylic acids is 1. The van der Waals surface area contributed by atoms with Crippen LogP contribution < -0.4 is 0 Å². The Morgan fingerprint density at radius 2 is 1.61 bits per heavy atom. The maximum absolute atomic E-state index is 12.2. The van der Waals surface area contributed by atoms with Crippen LogP contribution in [0.15, 0.2) is 24.3 Å². The molecule has 0 bridgehead atoms. The molecule has 0 saturated carbocycles. The van der Waals surface area contributed by atoms with Crippen molar-refractivity contribution in [1.29, 1.82) is 0 Å². The molecule has 0 fully saturated rings. The Kier molecular flexibility index (Phi) is 6.70. The molecule has 0 unspecified atom stereocenters. The molecule has 0 spiro atoms. The standard InChI is InChI=1S/C17H26O/c1-4-7-8-9-14-10-12-16(13-11-14)17(18)15(5-2)6-3/h10-13,15H,4-9H2,1-3H3. The summed E-state index contributed by atoms with van der Waals surface area (Å²) in [5.41, 5.74) is 2.23. The van der Waals surface area contributed by atoms with Gasteiger partial charge in [-0.3, -0.25) is 4.79 Å². The highest BCUT2D eigenvalue weighted by molar-refractivity contribution is 5.97. The third-order valence-electron chi connectivity index (χ3n) is 3.66. The van der Waals surface area contributed by atoms with Gasteiger partial charge in [0, 0.05) is 11.5 Å². The van der Waals surface area contributed by atoms with E-state index >= 15 is 0 Å². The summed E-state index contributed by atoms with van der Waals surface area (Å²) in [7, 11) is 0. The Balaban J connectivity index is 2.61. The quantitative estimate of drug-likeness (QED) is 0.464. The van der Waals surface area contributed by atoms with Gasteiger partial charge in [0.25, 0.3) is 0 Å². The second-order valence-corrected chi connectivity index (χ2v) is 5.03. The van der Waals surface area contributed by atoms with Crippen LogP contribution in [0.1, 0.15) is 68.8 Å². The molecule has 0 radical (unpaired) electrons. The predicted octanol–water partition coefficient (Wildman–Crippen LogP) is 5.04. The Morgan fingerprint density at radius 1 is 1.00 bits per heavy atom. The molecule has 1 aromatic rings. The minimum atomic E-state index is 0.191. The van der Waals surface area contributed by atoms with Crippen molar-refractivity contribution in [2.24, 2.45) is 5.92 Å². The van der Waals surface area contributed by atoms with Crippen LogP contribution >= 0.6 is 0 Å². The first-order chi connectivity index (χ1) is 8.72. The van der Waals surface area contributed by atoms with Gasteiger partial charge < -0.3 is 0 Å². The molecule has 0 aliphatic rings. The lowest BCUT2D eigenvalue weighted by Crippen LogP contribution is -2.12. The smallest absolute Gasteiger partial charge is 0.165 e. The average molecular weight is 246 g/mol. The van der Waals surface area contributed by atoms with Gasteiger partial charge in [-0.25, -0.2) is 0 Å². The van der Waals surface area contributed by atoms with Crippen molar-refractivity contribution < 1.29 is 4.79 Å². The van der Waals surface area contributed by atoms with Crippen LogP contribution in [-0.2, 0) is 6.42 Å². The zero-order valence-corrected chi connectivity index (χ0v) is 12.0. The zero-order chi connectivity index (χ0) is 13.4. The highest BCUT2D eigenvalue weighted by Gasteiger charge is 2.15. The third kappa shape index (κ3) is 4.29. The number of hydrogen-bond donors (Lipinski definition) is 0. The van der Waals surface area contributed by atoms with E-state index in [0.29, 0.717) is 5.78 Å². The fourth-order valence-electron chi connectivity index (χ4n) is 2.31. The summed E-state index contributed by atoms with van der Waals surface area (Å²) < 4.78 is 0. The van der Waals surface area contributed by atoms with E-state index in [1.54, 1.807) is 0 Å². The summed E-state index contributed by atoms with van der Waals surface area (Å²) in [4.78, 5) is 12.2. The summed E-state index contributed by atoms with van der Waals surface area (Å²) in [6, 6.07) is 8.24. The second-order valence-electron chi connectivity index (χ2n) is 5.03. The summed E-state index contributed by atoms with van der Waals surface area (Å²) in [6.45, 7) is 6.40. The lowest BCUT2D eigenvalue weighted by molar-refractivity contribution is 0.0913. The van der Waals surface area contributed by atoms with E-state index < -0.39 is 0 Å². The van der Waals surface area contributed by atoms with Crippen LogP contribution in [0.5, 0.6) is 0 Å². The third-order valence-corrected chi connectivity index (χ3v) is 3.66. The summed E-state index contributed by atoms with van der Waals surface area (Å²) in [5, 5.41) is 0. The number of benzene rings is 1. The van der Waals surface area contributed by atoms with E-state index in [-0.39, 0.29) is 5.92 Å². The predicted molar refractivity (Wildman–Crippen MR) is 78.1 cm³/mol. The van der Waals surface area contributed by atoms with Gasteiger partial charge in [-0.05, 0) is 31.2 Å². The molecule has 0 aliphatic heterocycles. The molecule has 0 aromatic heterocycles. The number of Topliss-reactive ketones (excluding diaryl/α,β-unsaturated/α-hetero) is 1. The molecule has 0 amide bonds. The largest absolute Gasteiger partial charge is 0.294 e. The van der Waals surface area contributed by atoms with Crippen molar-refractivity contribution in [3.63, 3.8) is 0 Å². The first kappa shape index (κ1) is 14.9. The van der Waals surface area contributed by atoms with Crippen LogP contribution in [0.4, 0.5) is 0 Å². The van der Waals surface area contributed by atoms with Gasteiger partial charge in [0.1, 0.15) is 0 Å². The first-order valence-corrected chi connectivity index (χ1v) is 7.36. The molecular weight excluding hydrogens is 220 g/mol. The van der Waals surface area contributed by atoms with E-state index in [1.165, 1.54) is 24.8 Å². The summed E-state index contributed by atoms with van der Waals surface area (Å²) >= 11 is 0. The highest BCUT2D eigenvalue weighted by Crippen LogP contribution is 2.17. The second kappa shape index (κ2) is 8.07. The molecular formula is C17H26O. The lowest BCUT2D eigenvalue weighted by atomic mass is 9.92. The maximum Gasteiger partial charge on any atom is 0.165 e. The SMILES string of the molecule is CCCCCc1ccc(C(=O)C(CC)CC)cc1. The highest BCUT2D eigenvalue weighted by atomic mass is 16.1. The first-order valence-electron chi connectivity index (χ1n) is 7.36. The molecule has 0 heterocycles. The Hall–Kier alpha value is -1.11. The number of hydrogen-bond acceptors (Lipinski definition) is 1. The summed E-state index contributed by atoms with van der Waals surface area (Å²) in [6.07, 6.45) is 6.80. The minimum Gasteiger partial charge on any atom is -0.294 e. The van der Waals surface area contributed by atoms with Crippen LogP contribution in [0, 0.1) is 5.92 Å². The molecule has 0 N–H and O–H groups in total. The van der Waals surface area contributed by atoms with E-state index in [1.807, 2.05) is 12.1 Å². The minimum absolute atomic E-state index is 0.191. The molecule has 100 valence electrons.